The minimum atomic E-state index is -0.0850. The minimum Gasteiger partial charge on any atom is -0.496 e. The summed E-state index contributed by atoms with van der Waals surface area (Å²) in [4.78, 5) is 0. The van der Waals surface area contributed by atoms with Gasteiger partial charge in [-0.3, -0.25) is 0 Å². The molecular weight excluding hydrogens is 316 g/mol. The van der Waals surface area contributed by atoms with Gasteiger partial charge in [0.2, 0.25) is 5.96 Å². The van der Waals surface area contributed by atoms with E-state index in [0.717, 1.165) is 22.6 Å². The molecule has 4 N–H and O–H groups in total. The fourth-order valence-corrected chi connectivity index (χ4v) is 2.26. The van der Waals surface area contributed by atoms with Gasteiger partial charge in [0.25, 0.3) is 0 Å². The van der Waals surface area contributed by atoms with Gasteiger partial charge in [-0.15, -0.1) is 5.10 Å². The van der Waals surface area contributed by atoms with Crippen LogP contribution in [0.4, 0.5) is 0 Å². The topological polar surface area (TPSA) is 95.2 Å². The van der Waals surface area contributed by atoms with Crippen LogP contribution in [0, 0.1) is 0 Å². The molecule has 0 unspecified atom stereocenters. The van der Waals surface area contributed by atoms with Crippen LogP contribution < -0.4 is 20.9 Å². The molecule has 0 saturated heterocycles. The number of rotatable bonds is 7. The first kappa shape index (κ1) is 18.3. The predicted octanol–water partition coefficient (Wildman–Crippen LogP) is 3.00. The average Bonchev–Trinajstić information content (AvgIpc) is 2.60. The van der Waals surface area contributed by atoms with Crippen molar-refractivity contribution >= 4 is 12.2 Å². The third-order valence-electron chi connectivity index (χ3n) is 3.63. The summed E-state index contributed by atoms with van der Waals surface area (Å²) in [5.41, 5.74) is 13.5. The van der Waals surface area contributed by atoms with E-state index < -0.39 is 0 Å². The lowest BCUT2D eigenvalue weighted by Gasteiger charge is -2.12. The Morgan fingerprint density at radius 1 is 1.12 bits per heavy atom. The van der Waals surface area contributed by atoms with Crippen molar-refractivity contribution in [2.75, 3.05) is 7.11 Å². The van der Waals surface area contributed by atoms with Gasteiger partial charge in [0.15, 0.2) is 0 Å². The lowest BCUT2D eigenvalue weighted by atomic mass is 10.0. The highest BCUT2D eigenvalue weighted by molar-refractivity contribution is 5.82. The Morgan fingerprint density at radius 2 is 1.84 bits per heavy atom. The Balaban J connectivity index is 2.11. The molecule has 0 aliphatic rings. The van der Waals surface area contributed by atoms with Gasteiger partial charge in [0.1, 0.15) is 18.1 Å². The van der Waals surface area contributed by atoms with Gasteiger partial charge >= 0.3 is 0 Å². The van der Waals surface area contributed by atoms with Crippen LogP contribution in [0.15, 0.2) is 52.7 Å². The van der Waals surface area contributed by atoms with Gasteiger partial charge in [-0.2, -0.15) is 5.10 Å². The first-order chi connectivity index (χ1) is 12.0. The Labute approximate surface area is 148 Å². The lowest BCUT2D eigenvalue weighted by molar-refractivity contribution is 0.296. The Hall–Kier alpha value is -3.02. The van der Waals surface area contributed by atoms with Crippen molar-refractivity contribution in [3.05, 3.63) is 59.2 Å². The monoisotopic (exact) mass is 340 g/mol. The maximum atomic E-state index is 5.87. The average molecular weight is 340 g/mol. The molecular formula is C19H24N4O2. The SMILES string of the molecule is COc1ccc(C=NN=C(N)N)cc1COc1ccc(C(C)C)cc1. The van der Waals surface area contributed by atoms with Gasteiger partial charge < -0.3 is 20.9 Å². The molecule has 0 bridgehead atoms. The molecule has 0 aliphatic heterocycles. The maximum Gasteiger partial charge on any atom is 0.211 e. The molecule has 0 heterocycles. The van der Waals surface area contributed by atoms with Crippen LogP contribution >= 0.6 is 0 Å². The van der Waals surface area contributed by atoms with Crippen molar-refractivity contribution in [1.82, 2.24) is 0 Å². The minimum absolute atomic E-state index is 0.0850. The quantitative estimate of drug-likeness (QED) is 0.460. The highest BCUT2D eigenvalue weighted by Crippen LogP contribution is 2.23. The standard InChI is InChI=1S/C19H24N4O2/c1-13(2)15-5-7-17(8-6-15)25-12-16-10-14(4-9-18(16)24-3)11-22-23-19(20)21/h4-11,13H,12H2,1-3H3,(H4,20,21,23). The predicted molar refractivity (Wildman–Crippen MR) is 101 cm³/mol. The van der Waals surface area contributed by atoms with Crippen LogP contribution in [-0.2, 0) is 6.61 Å². The first-order valence-corrected chi connectivity index (χ1v) is 8.01. The van der Waals surface area contributed by atoms with E-state index in [1.807, 2.05) is 30.3 Å². The molecule has 0 saturated carbocycles. The van der Waals surface area contributed by atoms with Crippen molar-refractivity contribution in [2.45, 2.75) is 26.4 Å². The molecule has 132 valence electrons. The zero-order chi connectivity index (χ0) is 18.2. The number of nitrogens with zero attached hydrogens (tertiary/aromatic N) is 2. The number of nitrogens with two attached hydrogens (primary N) is 2. The van der Waals surface area contributed by atoms with E-state index in [4.69, 9.17) is 20.9 Å². The molecule has 2 aromatic rings. The first-order valence-electron chi connectivity index (χ1n) is 8.01. The normalized spacial score (nSPS) is 10.9. The number of methoxy groups -OCH3 is 1. The second-order valence-electron chi connectivity index (χ2n) is 5.85. The van der Waals surface area contributed by atoms with E-state index in [1.54, 1.807) is 13.3 Å². The number of benzene rings is 2. The second kappa shape index (κ2) is 8.73. The molecule has 0 amide bonds. The Kier molecular flexibility index (Phi) is 6.39. The Bertz CT molecular complexity index is 749. The van der Waals surface area contributed by atoms with Gasteiger partial charge in [0.05, 0.1) is 13.3 Å². The van der Waals surface area contributed by atoms with E-state index >= 15 is 0 Å². The summed E-state index contributed by atoms with van der Waals surface area (Å²) < 4.78 is 11.3. The summed E-state index contributed by atoms with van der Waals surface area (Å²) in [6.45, 7) is 4.71. The van der Waals surface area contributed by atoms with Gasteiger partial charge in [0, 0.05) is 5.56 Å². The summed E-state index contributed by atoms with van der Waals surface area (Å²) in [7, 11) is 1.63. The zero-order valence-electron chi connectivity index (χ0n) is 14.8. The van der Waals surface area contributed by atoms with Crippen LogP contribution in [0.2, 0.25) is 0 Å². The Morgan fingerprint density at radius 3 is 2.44 bits per heavy atom. The molecule has 0 atom stereocenters. The summed E-state index contributed by atoms with van der Waals surface area (Å²) in [5, 5.41) is 7.40. The molecule has 6 heteroatoms. The van der Waals surface area contributed by atoms with Crippen molar-refractivity contribution in [1.29, 1.82) is 0 Å². The summed E-state index contributed by atoms with van der Waals surface area (Å²) in [5.74, 6) is 1.97. The van der Waals surface area contributed by atoms with Crippen LogP contribution in [-0.4, -0.2) is 19.3 Å². The van der Waals surface area contributed by atoms with Gasteiger partial charge in [-0.05, 0) is 47.4 Å². The highest BCUT2D eigenvalue weighted by atomic mass is 16.5. The van der Waals surface area contributed by atoms with Crippen molar-refractivity contribution < 1.29 is 9.47 Å². The van der Waals surface area contributed by atoms with E-state index in [1.165, 1.54) is 5.56 Å². The van der Waals surface area contributed by atoms with E-state index in [9.17, 15) is 0 Å². The fourth-order valence-electron chi connectivity index (χ4n) is 2.26. The van der Waals surface area contributed by atoms with Gasteiger partial charge in [-0.1, -0.05) is 26.0 Å². The molecule has 0 spiro atoms. The van der Waals surface area contributed by atoms with Crippen LogP contribution in [0.3, 0.4) is 0 Å². The number of ether oxygens (including phenoxy) is 2. The van der Waals surface area contributed by atoms with Crippen molar-refractivity contribution in [3.63, 3.8) is 0 Å². The number of guanidine groups is 1. The summed E-state index contributed by atoms with van der Waals surface area (Å²) >= 11 is 0. The van der Waals surface area contributed by atoms with Gasteiger partial charge in [-0.25, -0.2) is 0 Å². The molecule has 0 radical (unpaired) electrons. The maximum absolute atomic E-state index is 5.87. The molecule has 0 aliphatic carbocycles. The van der Waals surface area contributed by atoms with E-state index in [0.29, 0.717) is 12.5 Å². The molecule has 6 nitrogen and oxygen atoms in total. The molecule has 0 aromatic heterocycles. The lowest BCUT2D eigenvalue weighted by Crippen LogP contribution is -2.21. The summed E-state index contributed by atoms with van der Waals surface area (Å²) in [6.07, 6.45) is 1.57. The zero-order valence-corrected chi connectivity index (χ0v) is 14.8. The summed E-state index contributed by atoms with van der Waals surface area (Å²) in [6, 6.07) is 13.8. The molecule has 2 rings (SSSR count). The molecule has 0 fully saturated rings. The van der Waals surface area contributed by atoms with Crippen LogP contribution in [0.5, 0.6) is 11.5 Å². The number of hydrogen-bond donors (Lipinski definition) is 2. The van der Waals surface area contributed by atoms with E-state index in [2.05, 4.69) is 36.2 Å². The second-order valence-corrected chi connectivity index (χ2v) is 5.85. The largest absolute Gasteiger partial charge is 0.496 e. The van der Waals surface area contributed by atoms with Crippen molar-refractivity contribution in [3.8, 4) is 11.5 Å². The third kappa shape index (κ3) is 5.53. The van der Waals surface area contributed by atoms with Crippen LogP contribution in [0.25, 0.3) is 0 Å². The molecule has 25 heavy (non-hydrogen) atoms. The van der Waals surface area contributed by atoms with Crippen LogP contribution in [0.1, 0.15) is 36.5 Å². The van der Waals surface area contributed by atoms with E-state index in [-0.39, 0.29) is 5.96 Å². The molecule has 2 aromatic carbocycles. The smallest absolute Gasteiger partial charge is 0.211 e. The third-order valence-corrected chi connectivity index (χ3v) is 3.63. The highest BCUT2D eigenvalue weighted by Gasteiger charge is 2.06. The number of hydrogen-bond acceptors (Lipinski definition) is 4. The fraction of sp³-hybridized carbons (Fsp3) is 0.263. The van der Waals surface area contributed by atoms with Crippen molar-refractivity contribution in [2.24, 2.45) is 21.7 Å².